The van der Waals surface area contributed by atoms with Crippen LogP contribution in [0.2, 0.25) is 5.02 Å². The highest BCUT2D eigenvalue weighted by Gasteiger charge is 2.46. The van der Waals surface area contributed by atoms with Gasteiger partial charge in [-0.2, -0.15) is 0 Å². The van der Waals surface area contributed by atoms with Gasteiger partial charge in [0, 0.05) is 21.4 Å². The van der Waals surface area contributed by atoms with Crippen LogP contribution in [0.15, 0.2) is 41.4 Å². The van der Waals surface area contributed by atoms with E-state index in [-0.39, 0.29) is 28.0 Å². The minimum Gasteiger partial charge on any atom is -0.494 e. The van der Waals surface area contributed by atoms with E-state index in [4.69, 9.17) is 23.8 Å². The first kappa shape index (κ1) is 20.2. The Kier molecular flexibility index (Phi) is 4.18. The number of aryl methyl sites for hydroxylation is 1. The fourth-order valence-corrected chi connectivity index (χ4v) is 5.72. The molecule has 0 aliphatic carbocycles. The lowest BCUT2D eigenvalue weighted by atomic mass is 9.66. The topological polar surface area (TPSA) is 66.6 Å². The molecule has 0 spiro atoms. The number of carbonyl (C=O) groups is 1. The number of thiocarbonyl (C=S) groups is 1. The van der Waals surface area contributed by atoms with E-state index in [9.17, 15) is 9.90 Å². The highest BCUT2D eigenvalue weighted by molar-refractivity contribution is 7.80. The van der Waals surface area contributed by atoms with Gasteiger partial charge in [-0.25, -0.2) is 4.99 Å². The molecule has 1 unspecified atom stereocenters. The summed E-state index contributed by atoms with van der Waals surface area (Å²) in [6.07, 6.45) is 0.756. The second-order valence-corrected chi connectivity index (χ2v) is 10.1. The monoisotopic (exact) mass is 451 g/mol. The molecule has 7 heteroatoms. The van der Waals surface area contributed by atoms with Crippen molar-refractivity contribution in [3.8, 4) is 5.88 Å². The lowest BCUT2D eigenvalue weighted by Crippen LogP contribution is -2.41. The van der Waals surface area contributed by atoms with Crippen LogP contribution in [0.3, 0.4) is 0 Å². The minimum absolute atomic E-state index is 0.0450. The van der Waals surface area contributed by atoms with E-state index in [1.54, 1.807) is 0 Å². The number of amides is 1. The van der Waals surface area contributed by atoms with Crippen molar-refractivity contribution < 1.29 is 9.90 Å². The average molecular weight is 452 g/mol. The Balaban J connectivity index is 1.90. The normalized spacial score (nSPS) is 22.0. The molecule has 158 valence electrons. The second kappa shape index (κ2) is 6.40. The summed E-state index contributed by atoms with van der Waals surface area (Å²) in [5.74, 6) is -0.344. The van der Waals surface area contributed by atoms with Crippen molar-refractivity contribution >= 4 is 51.5 Å². The molecule has 0 bridgehead atoms. The van der Waals surface area contributed by atoms with Crippen molar-refractivity contribution in [2.75, 3.05) is 0 Å². The third kappa shape index (κ3) is 2.78. The van der Waals surface area contributed by atoms with Crippen molar-refractivity contribution in [1.82, 2.24) is 9.88 Å². The summed E-state index contributed by atoms with van der Waals surface area (Å²) < 4.78 is 1.95. The molecule has 0 fully saturated rings. The molecule has 2 aliphatic heterocycles. The van der Waals surface area contributed by atoms with Gasteiger partial charge in [0.05, 0.1) is 11.1 Å². The SMILES string of the molecule is Cc1cc2c3c(c1)c(C1=NC(=S)NC1=O)c(O)n3C(C)(C)CC2(C)c1ccc(Cl)cc1. The van der Waals surface area contributed by atoms with Gasteiger partial charge in [-0.05, 0) is 68.7 Å². The fourth-order valence-electron chi connectivity index (χ4n) is 5.41. The number of hydrogen-bond donors (Lipinski definition) is 2. The zero-order chi connectivity index (χ0) is 22.3. The van der Waals surface area contributed by atoms with Crippen LogP contribution in [0, 0.1) is 6.92 Å². The van der Waals surface area contributed by atoms with Gasteiger partial charge in [0.2, 0.25) is 11.0 Å². The Labute approximate surface area is 190 Å². The predicted octanol–water partition coefficient (Wildman–Crippen LogP) is 4.96. The maximum atomic E-state index is 12.5. The predicted molar refractivity (Wildman–Crippen MR) is 127 cm³/mol. The van der Waals surface area contributed by atoms with Crippen LogP contribution in [0.25, 0.3) is 10.9 Å². The summed E-state index contributed by atoms with van der Waals surface area (Å²) in [6.45, 7) is 8.47. The zero-order valence-corrected chi connectivity index (χ0v) is 19.3. The van der Waals surface area contributed by atoms with Crippen molar-refractivity contribution in [2.45, 2.75) is 45.1 Å². The summed E-state index contributed by atoms with van der Waals surface area (Å²) >= 11 is 11.2. The Hall–Kier alpha value is -2.70. The second-order valence-electron chi connectivity index (χ2n) is 9.29. The molecule has 1 amide bonds. The molecule has 2 aromatic carbocycles. The standard InChI is InChI=1S/C24H22ClN3O2S/c1-12-9-15-17(18-20(29)27-22(31)26-18)21(30)28-19(15)16(10-12)24(4,11-23(28,2)3)13-5-7-14(25)8-6-13/h5-10,30H,11H2,1-4H3,(H,27,29,31). The summed E-state index contributed by atoms with van der Waals surface area (Å²) in [5.41, 5.74) is 4.08. The molecule has 5 rings (SSSR count). The molecule has 5 nitrogen and oxygen atoms in total. The van der Waals surface area contributed by atoms with E-state index >= 15 is 0 Å². The van der Waals surface area contributed by atoms with Gasteiger partial charge in [0.15, 0.2) is 0 Å². The summed E-state index contributed by atoms with van der Waals surface area (Å²) in [6, 6.07) is 12.1. The van der Waals surface area contributed by atoms with Crippen LogP contribution in [0.5, 0.6) is 5.88 Å². The number of nitrogens with one attached hydrogen (secondary N) is 1. The van der Waals surface area contributed by atoms with Gasteiger partial charge in [-0.3, -0.25) is 10.1 Å². The van der Waals surface area contributed by atoms with Crippen LogP contribution in [-0.2, 0) is 15.7 Å². The van der Waals surface area contributed by atoms with Gasteiger partial charge in [0.1, 0.15) is 5.71 Å². The molecule has 31 heavy (non-hydrogen) atoms. The highest BCUT2D eigenvalue weighted by Crippen LogP contribution is 2.53. The van der Waals surface area contributed by atoms with Crippen molar-refractivity contribution in [1.29, 1.82) is 0 Å². The Bertz CT molecular complexity index is 1340. The van der Waals surface area contributed by atoms with Crippen molar-refractivity contribution in [2.24, 2.45) is 4.99 Å². The molecule has 3 aromatic rings. The number of aromatic nitrogens is 1. The van der Waals surface area contributed by atoms with Gasteiger partial charge < -0.3 is 9.67 Å². The molecule has 0 saturated carbocycles. The molecular formula is C24H22ClN3O2S. The summed E-state index contributed by atoms with van der Waals surface area (Å²) in [4.78, 5) is 16.8. The quantitative estimate of drug-likeness (QED) is 0.541. The van der Waals surface area contributed by atoms with E-state index in [2.05, 4.69) is 49.3 Å². The largest absolute Gasteiger partial charge is 0.494 e. The zero-order valence-electron chi connectivity index (χ0n) is 17.7. The fraction of sp³-hybridized carbons (Fsp3) is 0.292. The Morgan fingerprint density at radius 2 is 1.87 bits per heavy atom. The third-order valence-electron chi connectivity index (χ3n) is 6.54. The first-order chi connectivity index (χ1) is 14.5. The number of nitrogens with zero attached hydrogens (tertiary/aromatic N) is 2. The lowest BCUT2D eigenvalue weighted by molar-refractivity contribution is -0.113. The van der Waals surface area contributed by atoms with Gasteiger partial charge >= 0.3 is 0 Å². The number of rotatable bonds is 2. The van der Waals surface area contributed by atoms with Gasteiger partial charge in [-0.1, -0.05) is 42.3 Å². The van der Waals surface area contributed by atoms with Gasteiger partial charge in [-0.15, -0.1) is 0 Å². The molecule has 2 N–H and O–H groups in total. The van der Waals surface area contributed by atoms with E-state index < -0.39 is 5.54 Å². The first-order valence-electron chi connectivity index (χ1n) is 10.1. The van der Waals surface area contributed by atoms with E-state index in [0.29, 0.717) is 10.6 Å². The smallest absolute Gasteiger partial charge is 0.277 e. The molecule has 0 saturated heterocycles. The first-order valence-corrected chi connectivity index (χ1v) is 10.9. The average Bonchev–Trinajstić information content (AvgIpc) is 3.15. The van der Waals surface area contributed by atoms with E-state index in [0.717, 1.165) is 34.0 Å². The number of halogens is 1. The van der Waals surface area contributed by atoms with Gasteiger partial charge in [0.25, 0.3) is 5.91 Å². The molecule has 3 heterocycles. The van der Waals surface area contributed by atoms with E-state index in [1.165, 1.54) is 0 Å². The number of hydrogen-bond acceptors (Lipinski definition) is 3. The molecule has 1 atom stereocenters. The lowest BCUT2D eigenvalue weighted by Gasteiger charge is -2.45. The van der Waals surface area contributed by atoms with Crippen LogP contribution in [-0.4, -0.2) is 26.4 Å². The van der Waals surface area contributed by atoms with Crippen LogP contribution in [0.1, 0.15) is 49.4 Å². The van der Waals surface area contributed by atoms with Crippen molar-refractivity contribution in [3.05, 3.63) is 63.7 Å². The minimum atomic E-state index is -0.423. The maximum absolute atomic E-state index is 12.5. The Morgan fingerprint density at radius 1 is 1.19 bits per heavy atom. The van der Waals surface area contributed by atoms with Crippen molar-refractivity contribution in [3.63, 3.8) is 0 Å². The molecular weight excluding hydrogens is 430 g/mol. The maximum Gasteiger partial charge on any atom is 0.277 e. The number of aromatic hydroxyl groups is 1. The van der Waals surface area contributed by atoms with Crippen LogP contribution < -0.4 is 5.32 Å². The van der Waals surface area contributed by atoms with Crippen LogP contribution in [0.4, 0.5) is 0 Å². The number of benzene rings is 2. The summed E-state index contributed by atoms with van der Waals surface area (Å²) in [7, 11) is 0. The Morgan fingerprint density at radius 3 is 2.48 bits per heavy atom. The van der Waals surface area contributed by atoms with Crippen LogP contribution >= 0.6 is 23.8 Å². The number of carbonyl (C=O) groups excluding carboxylic acids is 1. The molecule has 0 radical (unpaired) electrons. The third-order valence-corrected chi connectivity index (χ3v) is 6.98. The van der Waals surface area contributed by atoms with E-state index in [1.807, 2.05) is 29.7 Å². The highest BCUT2D eigenvalue weighted by atomic mass is 35.5. The summed E-state index contributed by atoms with van der Waals surface area (Å²) in [5, 5.41) is 15.6. The molecule has 1 aromatic heterocycles. The molecule has 2 aliphatic rings. The number of aliphatic imine (C=N–C) groups is 1.